The predicted molar refractivity (Wildman–Crippen MR) is 118 cm³/mol. The number of esters is 2. The van der Waals surface area contributed by atoms with Crippen molar-refractivity contribution in [3.05, 3.63) is 41.5 Å². The van der Waals surface area contributed by atoms with Gasteiger partial charge in [-0.05, 0) is 53.7 Å². The Morgan fingerprint density at radius 1 is 0.941 bits per heavy atom. The lowest BCUT2D eigenvalue weighted by molar-refractivity contribution is -0.155. The molecule has 0 amide bonds. The fourth-order valence-electron chi connectivity index (χ4n) is 2.90. The average molecular weight is 475 g/mol. The number of hydrogen-bond donors (Lipinski definition) is 0. The number of aromatic nitrogens is 2. The SMILES string of the molecule is COc1cnc(C(F)F)cc1-c1cc(C(C#N)C(=O)OC(C)(C)C)ncc1C(=O)OC(C)(C)C. The molecule has 0 aromatic carbocycles. The van der Waals surface area contributed by atoms with E-state index in [4.69, 9.17) is 14.2 Å². The van der Waals surface area contributed by atoms with E-state index in [2.05, 4.69) is 9.97 Å². The monoisotopic (exact) mass is 475 g/mol. The molecule has 0 saturated heterocycles. The van der Waals surface area contributed by atoms with Crippen LogP contribution in [0.25, 0.3) is 11.1 Å². The number of rotatable bonds is 6. The van der Waals surface area contributed by atoms with Crippen molar-refractivity contribution in [3.8, 4) is 22.9 Å². The van der Waals surface area contributed by atoms with Crippen LogP contribution < -0.4 is 4.74 Å². The van der Waals surface area contributed by atoms with Crippen LogP contribution in [0.3, 0.4) is 0 Å². The normalized spacial score (nSPS) is 12.6. The van der Waals surface area contributed by atoms with Gasteiger partial charge in [0.1, 0.15) is 22.6 Å². The van der Waals surface area contributed by atoms with Gasteiger partial charge in [0.15, 0.2) is 5.92 Å². The molecular weight excluding hydrogens is 448 g/mol. The van der Waals surface area contributed by atoms with Gasteiger partial charge in [-0.25, -0.2) is 13.6 Å². The number of carbonyl (C=O) groups excluding carboxylic acids is 2. The zero-order valence-corrected chi connectivity index (χ0v) is 20.1. The summed E-state index contributed by atoms with van der Waals surface area (Å²) in [5, 5.41) is 9.64. The minimum atomic E-state index is -2.88. The number of ether oxygens (including phenoxy) is 3. The van der Waals surface area contributed by atoms with E-state index in [1.807, 2.05) is 6.07 Å². The molecule has 0 aliphatic carbocycles. The van der Waals surface area contributed by atoms with Crippen LogP contribution in [0.1, 0.15) is 75.6 Å². The Morgan fingerprint density at radius 2 is 1.50 bits per heavy atom. The number of carbonyl (C=O) groups is 2. The third-order valence-corrected chi connectivity index (χ3v) is 4.23. The number of hydrogen-bond acceptors (Lipinski definition) is 8. The van der Waals surface area contributed by atoms with E-state index in [0.29, 0.717) is 0 Å². The van der Waals surface area contributed by atoms with Crippen LogP contribution in [0.15, 0.2) is 24.5 Å². The number of alkyl halides is 2. The van der Waals surface area contributed by atoms with Gasteiger partial charge in [0, 0.05) is 17.3 Å². The maximum Gasteiger partial charge on any atom is 0.340 e. The third kappa shape index (κ3) is 6.70. The molecule has 2 rings (SSSR count). The van der Waals surface area contributed by atoms with Crippen molar-refractivity contribution in [2.75, 3.05) is 7.11 Å². The van der Waals surface area contributed by atoms with Crippen LogP contribution in [0.5, 0.6) is 5.75 Å². The highest BCUT2D eigenvalue weighted by Crippen LogP contribution is 2.36. The zero-order chi connectivity index (χ0) is 25.8. The molecule has 0 spiro atoms. The maximum atomic E-state index is 13.4. The highest BCUT2D eigenvalue weighted by molar-refractivity contribution is 5.98. The highest BCUT2D eigenvalue weighted by atomic mass is 19.3. The summed E-state index contributed by atoms with van der Waals surface area (Å²) in [5.41, 5.74) is -2.17. The highest BCUT2D eigenvalue weighted by Gasteiger charge is 2.30. The number of nitriles is 1. The van der Waals surface area contributed by atoms with Crippen molar-refractivity contribution in [2.24, 2.45) is 0 Å². The van der Waals surface area contributed by atoms with E-state index in [-0.39, 0.29) is 28.1 Å². The second-order valence-electron chi connectivity index (χ2n) is 9.36. The molecule has 0 aliphatic rings. The molecule has 34 heavy (non-hydrogen) atoms. The minimum Gasteiger partial charge on any atom is -0.494 e. The molecule has 0 bridgehead atoms. The molecule has 182 valence electrons. The van der Waals surface area contributed by atoms with Crippen LogP contribution in [0.2, 0.25) is 0 Å². The number of pyridine rings is 2. The molecule has 0 N–H and O–H groups in total. The molecule has 2 aromatic heterocycles. The Labute approximate surface area is 196 Å². The Kier molecular flexibility index (Phi) is 7.93. The van der Waals surface area contributed by atoms with Gasteiger partial charge in [-0.15, -0.1) is 0 Å². The summed E-state index contributed by atoms with van der Waals surface area (Å²) in [4.78, 5) is 33.3. The van der Waals surface area contributed by atoms with Gasteiger partial charge in [0.2, 0.25) is 0 Å². The van der Waals surface area contributed by atoms with Crippen molar-refractivity contribution < 1.29 is 32.6 Å². The topological polar surface area (TPSA) is 111 Å². The van der Waals surface area contributed by atoms with Crippen LogP contribution >= 0.6 is 0 Å². The molecule has 2 aromatic rings. The molecule has 0 saturated carbocycles. The molecule has 8 nitrogen and oxygen atoms in total. The van der Waals surface area contributed by atoms with Gasteiger partial charge >= 0.3 is 11.9 Å². The second kappa shape index (κ2) is 10.1. The minimum absolute atomic E-state index is 0.0310. The molecule has 0 radical (unpaired) electrons. The lowest BCUT2D eigenvalue weighted by Crippen LogP contribution is -2.28. The zero-order valence-electron chi connectivity index (χ0n) is 20.1. The van der Waals surface area contributed by atoms with Gasteiger partial charge < -0.3 is 14.2 Å². The lowest BCUT2D eigenvalue weighted by Gasteiger charge is -2.23. The maximum absolute atomic E-state index is 13.4. The molecule has 1 unspecified atom stereocenters. The summed E-state index contributed by atoms with van der Waals surface area (Å²) in [7, 11) is 1.32. The first-order valence-corrected chi connectivity index (χ1v) is 10.3. The van der Waals surface area contributed by atoms with Crippen LogP contribution in [-0.4, -0.2) is 40.2 Å². The molecule has 1 atom stereocenters. The first-order chi connectivity index (χ1) is 15.7. The van der Waals surface area contributed by atoms with Crippen molar-refractivity contribution in [2.45, 2.75) is 65.1 Å². The summed E-state index contributed by atoms with van der Waals surface area (Å²) in [6, 6.07) is 4.22. The van der Waals surface area contributed by atoms with E-state index in [1.165, 1.54) is 13.2 Å². The Balaban J connectivity index is 2.75. The van der Waals surface area contributed by atoms with Crippen LogP contribution in [0.4, 0.5) is 8.78 Å². The third-order valence-electron chi connectivity index (χ3n) is 4.23. The summed E-state index contributed by atoms with van der Waals surface area (Å²) >= 11 is 0. The van der Waals surface area contributed by atoms with Crippen molar-refractivity contribution in [1.82, 2.24) is 9.97 Å². The molecule has 2 heterocycles. The summed E-state index contributed by atoms with van der Waals surface area (Å²) in [6.45, 7) is 9.96. The van der Waals surface area contributed by atoms with E-state index in [1.54, 1.807) is 41.5 Å². The quantitative estimate of drug-likeness (QED) is 0.537. The van der Waals surface area contributed by atoms with Gasteiger partial charge in [0.05, 0.1) is 30.6 Å². The fourth-order valence-corrected chi connectivity index (χ4v) is 2.90. The van der Waals surface area contributed by atoms with Gasteiger partial charge in [0.25, 0.3) is 6.43 Å². The first kappa shape index (κ1) is 26.6. The number of nitrogens with zero attached hydrogens (tertiary/aromatic N) is 3. The standard InChI is InChI=1S/C24H27F2N3O5/c1-23(2,3)33-21(30)15(10-27)17-8-13(16(11-28-17)22(31)34-24(4,5)6)14-9-18(20(25)26)29-12-19(14)32-7/h8-9,11-12,15,20H,1-7H3. The molecule has 10 heteroatoms. The van der Waals surface area contributed by atoms with Gasteiger partial charge in [-0.1, -0.05) is 0 Å². The Hall–Kier alpha value is -3.61. The van der Waals surface area contributed by atoms with Crippen LogP contribution in [0, 0.1) is 11.3 Å². The van der Waals surface area contributed by atoms with Crippen LogP contribution in [-0.2, 0) is 14.3 Å². The average Bonchev–Trinajstić information content (AvgIpc) is 2.71. The largest absolute Gasteiger partial charge is 0.494 e. The number of methoxy groups -OCH3 is 1. The van der Waals surface area contributed by atoms with Crippen molar-refractivity contribution in [1.29, 1.82) is 5.26 Å². The van der Waals surface area contributed by atoms with E-state index in [9.17, 15) is 23.6 Å². The fraction of sp³-hybridized carbons (Fsp3) is 0.458. The van der Waals surface area contributed by atoms with Gasteiger partial charge in [-0.3, -0.25) is 14.8 Å². The molecular formula is C24H27F2N3O5. The van der Waals surface area contributed by atoms with E-state index < -0.39 is 41.2 Å². The predicted octanol–water partition coefficient (Wildman–Crippen LogP) is 4.99. The Morgan fingerprint density at radius 3 is 2.00 bits per heavy atom. The first-order valence-electron chi connectivity index (χ1n) is 10.3. The van der Waals surface area contributed by atoms with Gasteiger partial charge in [-0.2, -0.15) is 5.26 Å². The Bertz CT molecular complexity index is 1120. The van der Waals surface area contributed by atoms with Crippen molar-refractivity contribution in [3.63, 3.8) is 0 Å². The summed E-state index contributed by atoms with van der Waals surface area (Å²) in [5.74, 6) is -2.94. The smallest absolute Gasteiger partial charge is 0.340 e. The molecule has 0 fully saturated rings. The lowest BCUT2D eigenvalue weighted by atomic mass is 9.96. The summed E-state index contributed by atoms with van der Waals surface area (Å²) < 4.78 is 42.8. The molecule has 0 aliphatic heterocycles. The number of halogens is 2. The second-order valence-corrected chi connectivity index (χ2v) is 9.36. The van der Waals surface area contributed by atoms with Crippen molar-refractivity contribution >= 4 is 11.9 Å². The summed E-state index contributed by atoms with van der Waals surface area (Å²) in [6.07, 6.45) is -0.648. The van der Waals surface area contributed by atoms with E-state index >= 15 is 0 Å². The van der Waals surface area contributed by atoms with E-state index in [0.717, 1.165) is 18.5 Å².